The Morgan fingerprint density at radius 2 is 1.94 bits per heavy atom. The van der Waals surface area contributed by atoms with E-state index in [-0.39, 0.29) is 0 Å². The average Bonchev–Trinajstić information content (AvgIpc) is 3.13. The molecule has 0 unspecified atom stereocenters. The molecule has 0 spiro atoms. The standard InChI is InChI=1S/C12H18BNO3/c1-14(11-4-5-11)8-9-17-12-6-2-10(3-7-12)13(15)16/h2-3,6-7,11,15-16H,4-5,8-9H2,1H3. The van der Waals surface area contributed by atoms with Gasteiger partial charge in [-0.15, -0.1) is 0 Å². The van der Waals surface area contributed by atoms with Crippen molar-refractivity contribution in [1.29, 1.82) is 0 Å². The van der Waals surface area contributed by atoms with Gasteiger partial charge in [0.2, 0.25) is 0 Å². The van der Waals surface area contributed by atoms with Gasteiger partial charge < -0.3 is 19.7 Å². The quantitative estimate of drug-likeness (QED) is 0.673. The first-order valence-electron chi connectivity index (χ1n) is 5.96. The Morgan fingerprint density at radius 1 is 1.29 bits per heavy atom. The van der Waals surface area contributed by atoms with Gasteiger partial charge in [-0.1, -0.05) is 12.1 Å². The fraction of sp³-hybridized carbons (Fsp3) is 0.500. The molecule has 2 N–H and O–H groups in total. The molecule has 0 radical (unpaired) electrons. The van der Waals surface area contributed by atoms with Crippen LogP contribution in [0.2, 0.25) is 0 Å². The minimum absolute atomic E-state index is 0.479. The zero-order valence-electron chi connectivity index (χ0n) is 10.0. The Kier molecular flexibility index (Phi) is 4.04. The van der Waals surface area contributed by atoms with Crippen molar-refractivity contribution in [3.8, 4) is 5.75 Å². The second-order valence-electron chi connectivity index (χ2n) is 4.50. The highest BCUT2D eigenvalue weighted by molar-refractivity contribution is 6.58. The molecule has 1 aromatic carbocycles. The summed E-state index contributed by atoms with van der Waals surface area (Å²) in [6.45, 7) is 1.59. The van der Waals surface area contributed by atoms with Crippen molar-refractivity contribution in [2.45, 2.75) is 18.9 Å². The number of benzene rings is 1. The largest absolute Gasteiger partial charge is 0.492 e. The third kappa shape index (κ3) is 3.73. The van der Waals surface area contributed by atoms with Crippen molar-refractivity contribution >= 4 is 12.6 Å². The first kappa shape index (κ1) is 12.4. The van der Waals surface area contributed by atoms with Gasteiger partial charge >= 0.3 is 7.12 Å². The smallest absolute Gasteiger partial charge is 0.488 e. The minimum Gasteiger partial charge on any atom is -0.492 e. The lowest BCUT2D eigenvalue weighted by Crippen LogP contribution is -2.29. The van der Waals surface area contributed by atoms with Gasteiger partial charge in [0.05, 0.1) is 0 Å². The van der Waals surface area contributed by atoms with Crippen LogP contribution in [-0.4, -0.2) is 48.3 Å². The van der Waals surface area contributed by atoms with Gasteiger partial charge in [0.15, 0.2) is 0 Å². The van der Waals surface area contributed by atoms with Crippen molar-refractivity contribution in [1.82, 2.24) is 4.90 Å². The number of hydrogen-bond acceptors (Lipinski definition) is 4. The van der Waals surface area contributed by atoms with Crippen LogP contribution in [0.5, 0.6) is 5.75 Å². The molecule has 1 aliphatic carbocycles. The maximum absolute atomic E-state index is 8.94. The molecule has 0 atom stereocenters. The predicted molar refractivity (Wildman–Crippen MR) is 67.4 cm³/mol. The third-order valence-corrected chi connectivity index (χ3v) is 3.06. The van der Waals surface area contributed by atoms with E-state index in [1.54, 1.807) is 24.3 Å². The molecule has 4 nitrogen and oxygen atoms in total. The highest BCUT2D eigenvalue weighted by atomic mass is 16.5. The van der Waals surface area contributed by atoms with E-state index in [0.29, 0.717) is 12.1 Å². The minimum atomic E-state index is -1.41. The van der Waals surface area contributed by atoms with Gasteiger partial charge in [0, 0.05) is 12.6 Å². The second-order valence-corrected chi connectivity index (χ2v) is 4.50. The SMILES string of the molecule is CN(CCOc1ccc(B(O)O)cc1)C1CC1. The van der Waals surface area contributed by atoms with Crippen molar-refractivity contribution in [3.63, 3.8) is 0 Å². The number of ether oxygens (including phenoxy) is 1. The first-order valence-corrected chi connectivity index (χ1v) is 5.96. The fourth-order valence-corrected chi connectivity index (χ4v) is 1.74. The van der Waals surface area contributed by atoms with Crippen LogP contribution in [0, 0.1) is 0 Å². The fourth-order valence-electron chi connectivity index (χ4n) is 1.74. The molecule has 0 bridgehead atoms. The summed E-state index contributed by atoms with van der Waals surface area (Å²) < 4.78 is 5.58. The summed E-state index contributed by atoms with van der Waals surface area (Å²) in [4.78, 5) is 2.31. The monoisotopic (exact) mass is 235 g/mol. The van der Waals surface area contributed by atoms with Crippen LogP contribution in [0.15, 0.2) is 24.3 Å². The molecule has 1 fully saturated rings. The van der Waals surface area contributed by atoms with E-state index < -0.39 is 7.12 Å². The van der Waals surface area contributed by atoms with Crippen molar-refractivity contribution in [3.05, 3.63) is 24.3 Å². The lowest BCUT2D eigenvalue weighted by Gasteiger charge is -2.15. The molecular weight excluding hydrogens is 217 g/mol. The first-order chi connectivity index (χ1) is 8.16. The molecule has 0 heterocycles. The van der Waals surface area contributed by atoms with Crippen LogP contribution < -0.4 is 10.2 Å². The lowest BCUT2D eigenvalue weighted by atomic mass is 9.80. The Morgan fingerprint density at radius 3 is 2.47 bits per heavy atom. The number of hydrogen-bond donors (Lipinski definition) is 2. The summed E-state index contributed by atoms with van der Waals surface area (Å²) in [7, 11) is 0.705. The summed E-state index contributed by atoms with van der Waals surface area (Å²) >= 11 is 0. The van der Waals surface area contributed by atoms with Crippen molar-refractivity contribution in [2.75, 3.05) is 20.2 Å². The summed E-state index contributed by atoms with van der Waals surface area (Å²) in [6, 6.07) is 7.58. The number of nitrogens with zero attached hydrogens (tertiary/aromatic N) is 1. The Balaban J connectivity index is 1.74. The van der Waals surface area contributed by atoms with Crippen molar-refractivity contribution in [2.24, 2.45) is 0 Å². The number of likely N-dealkylation sites (N-methyl/N-ethyl adjacent to an activating group) is 1. The molecule has 5 heteroatoms. The zero-order valence-corrected chi connectivity index (χ0v) is 10.0. The molecule has 1 aliphatic rings. The van der Waals surface area contributed by atoms with Crippen LogP contribution in [0.25, 0.3) is 0 Å². The maximum Gasteiger partial charge on any atom is 0.488 e. The second kappa shape index (κ2) is 5.53. The Hall–Kier alpha value is -1.04. The van der Waals surface area contributed by atoms with Gasteiger partial charge in [0.1, 0.15) is 12.4 Å². The van der Waals surface area contributed by atoms with Gasteiger partial charge in [-0.3, -0.25) is 0 Å². The van der Waals surface area contributed by atoms with Crippen LogP contribution >= 0.6 is 0 Å². The Bertz CT molecular complexity index is 351. The highest BCUT2D eigenvalue weighted by Gasteiger charge is 2.25. The molecule has 17 heavy (non-hydrogen) atoms. The lowest BCUT2D eigenvalue weighted by molar-refractivity contribution is 0.232. The average molecular weight is 235 g/mol. The maximum atomic E-state index is 8.94. The molecule has 1 saturated carbocycles. The van der Waals surface area contributed by atoms with E-state index in [1.807, 2.05) is 0 Å². The van der Waals surface area contributed by atoms with Crippen LogP contribution in [0.4, 0.5) is 0 Å². The van der Waals surface area contributed by atoms with E-state index in [0.717, 1.165) is 18.3 Å². The molecule has 2 rings (SSSR count). The molecule has 92 valence electrons. The van der Waals surface area contributed by atoms with E-state index >= 15 is 0 Å². The zero-order chi connectivity index (χ0) is 12.3. The summed E-state index contributed by atoms with van der Waals surface area (Å²) in [5.41, 5.74) is 0.479. The van der Waals surface area contributed by atoms with Crippen LogP contribution in [0.3, 0.4) is 0 Å². The molecule has 0 aliphatic heterocycles. The number of rotatable bonds is 6. The van der Waals surface area contributed by atoms with Gasteiger partial charge in [-0.25, -0.2) is 0 Å². The normalized spacial score (nSPS) is 15.1. The van der Waals surface area contributed by atoms with Crippen molar-refractivity contribution < 1.29 is 14.8 Å². The van der Waals surface area contributed by atoms with Crippen LogP contribution in [-0.2, 0) is 0 Å². The predicted octanol–water partition coefficient (Wildman–Crippen LogP) is -0.161. The van der Waals surface area contributed by atoms with E-state index in [2.05, 4.69) is 11.9 Å². The molecule has 0 amide bonds. The summed E-state index contributed by atoms with van der Waals surface area (Å²) in [5, 5.41) is 17.9. The van der Waals surface area contributed by atoms with Gasteiger partial charge in [-0.05, 0) is 37.5 Å². The van der Waals surface area contributed by atoms with Crippen LogP contribution in [0.1, 0.15) is 12.8 Å². The van der Waals surface area contributed by atoms with E-state index in [9.17, 15) is 0 Å². The third-order valence-electron chi connectivity index (χ3n) is 3.06. The van der Waals surface area contributed by atoms with E-state index in [4.69, 9.17) is 14.8 Å². The molecule has 0 saturated heterocycles. The summed E-state index contributed by atoms with van der Waals surface area (Å²) in [5.74, 6) is 0.763. The van der Waals surface area contributed by atoms with Gasteiger partial charge in [0.25, 0.3) is 0 Å². The summed E-state index contributed by atoms with van der Waals surface area (Å²) in [6.07, 6.45) is 2.61. The topological polar surface area (TPSA) is 52.9 Å². The highest BCUT2D eigenvalue weighted by Crippen LogP contribution is 2.24. The molecule has 1 aromatic rings. The van der Waals surface area contributed by atoms with Gasteiger partial charge in [-0.2, -0.15) is 0 Å². The Labute approximate surface area is 102 Å². The molecule has 0 aromatic heterocycles. The molecular formula is C12H18BNO3. The van der Waals surface area contributed by atoms with E-state index in [1.165, 1.54) is 12.8 Å².